The average molecular weight is 394 g/mol. The van der Waals surface area contributed by atoms with E-state index in [0.29, 0.717) is 18.0 Å². The Hall–Kier alpha value is -2.08. The van der Waals surface area contributed by atoms with Gasteiger partial charge in [0.25, 0.3) is 0 Å². The lowest BCUT2D eigenvalue weighted by atomic mass is 10.0. The summed E-state index contributed by atoms with van der Waals surface area (Å²) in [5.74, 6) is -0.341. The van der Waals surface area contributed by atoms with E-state index in [1.54, 1.807) is 23.1 Å². The van der Waals surface area contributed by atoms with Crippen molar-refractivity contribution in [1.82, 2.24) is 5.32 Å². The highest BCUT2D eigenvalue weighted by Gasteiger charge is 2.33. The number of amides is 2. The molecule has 3 rings (SSSR count). The average Bonchev–Trinajstić information content (AvgIpc) is 2.96. The second kappa shape index (κ2) is 9.03. The summed E-state index contributed by atoms with van der Waals surface area (Å²) < 4.78 is 0. The molecule has 1 aliphatic rings. The van der Waals surface area contributed by atoms with E-state index in [1.165, 1.54) is 0 Å². The second-order valence-electron chi connectivity index (χ2n) is 6.10. The van der Waals surface area contributed by atoms with Gasteiger partial charge in [0, 0.05) is 29.7 Å². The summed E-state index contributed by atoms with van der Waals surface area (Å²) >= 11 is 5.99. The number of carbonyl (C=O) groups excluding carboxylic acids is 2. The Balaban J connectivity index is 0.00000243. The molecule has 0 aromatic heterocycles. The van der Waals surface area contributed by atoms with Gasteiger partial charge in [-0.2, -0.15) is 0 Å². The van der Waals surface area contributed by atoms with Crippen LogP contribution >= 0.6 is 24.0 Å². The van der Waals surface area contributed by atoms with Gasteiger partial charge in [-0.1, -0.05) is 48.0 Å². The first-order valence-corrected chi connectivity index (χ1v) is 8.59. The molecule has 2 amide bonds. The summed E-state index contributed by atoms with van der Waals surface area (Å²) in [6.45, 7) is 0.550. The third-order valence-corrected chi connectivity index (χ3v) is 4.53. The van der Waals surface area contributed by atoms with E-state index < -0.39 is 6.04 Å². The van der Waals surface area contributed by atoms with Gasteiger partial charge in [-0.15, -0.1) is 12.4 Å². The maximum Gasteiger partial charge on any atom is 0.249 e. The standard InChI is InChI=1S/C19H20ClN3O2.ClH/c20-14-7-4-8-15(11-14)23-10-9-17(19(23)25)22-18(24)12-16(21)13-5-2-1-3-6-13;/h1-8,11,16-17H,9-10,12,21H2,(H,22,24);1H. The smallest absolute Gasteiger partial charge is 0.249 e. The summed E-state index contributed by atoms with van der Waals surface area (Å²) in [4.78, 5) is 26.4. The zero-order valence-electron chi connectivity index (χ0n) is 14.1. The van der Waals surface area contributed by atoms with Gasteiger partial charge in [0.1, 0.15) is 6.04 Å². The van der Waals surface area contributed by atoms with Crippen LogP contribution in [0.4, 0.5) is 5.69 Å². The van der Waals surface area contributed by atoms with Crippen LogP contribution in [0, 0.1) is 0 Å². The number of carbonyl (C=O) groups is 2. The van der Waals surface area contributed by atoms with Crippen LogP contribution < -0.4 is 16.0 Å². The SMILES string of the molecule is Cl.NC(CC(=O)NC1CCN(c2cccc(Cl)c2)C1=O)c1ccccc1. The number of nitrogens with zero attached hydrogens (tertiary/aromatic N) is 1. The molecule has 1 heterocycles. The van der Waals surface area contributed by atoms with Crippen LogP contribution in [0.3, 0.4) is 0 Å². The van der Waals surface area contributed by atoms with E-state index in [0.717, 1.165) is 11.3 Å². The molecule has 0 saturated carbocycles. The Morgan fingerprint density at radius 2 is 1.96 bits per heavy atom. The molecule has 0 bridgehead atoms. The van der Waals surface area contributed by atoms with Gasteiger partial charge in [0.05, 0.1) is 0 Å². The van der Waals surface area contributed by atoms with E-state index >= 15 is 0 Å². The number of hydrogen-bond acceptors (Lipinski definition) is 3. The normalized spacial score (nSPS) is 17.5. The zero-order valence-corrected chi connectivity index (χ0v) is 15.7. The number of benzene rings is 2. The summed E-state index contributed by atoms with van der Waals surface area (Å²) in [6.07, 6.45) is 0.711. The van der Waals surface area contributed by atoms with Crippen molar-refractivity contribution >= 4 is 41.5 Å². The number of halogens is 2. The predicted octanol–water partition coefficient (Wildman–Crippen LogP) is 3.07. The van der Waals surface area contributed by atoms with Crippen molar-refractivity contribution in [3.8, 4) is 0 Å². The van der Waals surface area contributed by atoms with E-state index in [4.69, 9.17) is 17.3 Å². The molecular formula is C19H21Cl2N3O2. The molecule has 7 heteroatoms. The Morgan fingerprint density at radius 3 is 2.65 bits per heavy atom. The van der Waals surface area contributed by atoms with Gasteiger partial charge < -0.3 is 16.0 Å². The van der Waals surface area contributed by atoms with Crippen LogP contribution in [0.15, 0.2) is 54.6 Å². The lowest BCUT2D eigenvalue weighted by Gasteiger charge is -2.18. The monoisotopic (exact) mass is 393 g/mol. The summed E-state index contributed by atoms with van der Waals surface area (Å²) in [5.41, 5.74) is 7.71. The van der Waals surface area contributed by atoms with Crippen LogP contribution in [0.25, 0.3) is 0 Å². The molecule has 2 aromatic carbocycles. The Morgan fingerprint density at radius 1 is 1.23 bits per heavy atom. The largest absolute Gasteiger partial charge is 0.344 e. The van der Waals surface area contributed by atoms with Crippen molar-refractivity contribution in [1.29, 1.82) is 0 Å². The molecule has 2 unspecified atom stereocenters. The second-order valence-corrected chi connectivity index (χ2v) is 6.54. The number of hydrogen-bond donors (Lipinski definition) is 2. The quantitative estimate of drug-likeness (QED) is 0.819. The van der Waals surface area contributed by atoms with Crippen molar-refractivity contribution in [2.75, 3.05) is 11.4 Å². The molecule has 0 spiro atoms. The summed E-state index contributed by atoms with van der Waals surface area (Å²) in [5, 5.41) is 3.38. The number of rotatable bonds is 5. The topological polar surface area (TPSA) is 75.4 Å². The summed E-state index contributed by atoms with van der Waals surface area (Å²) in [7, 11) is 0. The first-order valence-electron chi connectivity index (χ1n) is 8.21. The van der Waals surface area contributed by atoms with Crippen molar-refractivity contribution in [3.05, 3.63) is 65.2 Å². The zero-order chi connectivity index (χ0) is 17.8. The lowest BCUT2D eigenvalue weighted by molar-refractivity contribution is -0.126. The third kappa shape index (κ3) is 4.75. The fourth-order valence-corrected chi connectivity index (χ4v) is 3.17. The van der Waals surface area contributed by atoms with Crippen LogP contribution in [0.5, 0.6) is 0 Å². The van der Waals surface area contributed by atoms with Crippen LogP contribution in [-0.4, -0.2) is 24.4 Å². The predicted molar refractivity (Wildman–Crippen MR) is 106 cm³/mol. The molecule has 1 saturated heterocycles. The highest BCUT2D eigenvalue weighted by molar-refractivity contribution is 6.31. The molecule has 2 atom stereocenters. The first-order chi connectivity index (χ1) is 12.0. The van der Waals surface area contributed by atoms with E-state index in [1.807, 2.05) is 36.4 Å². The fraction of sp³-hybridized carbons (Fsp3) is 0.263. The third-order valence-electron chi connectivity index (χ3n) is 4.29. The molecular weight excluding hydrogens is 373 g/mol. The van der Waals surface area contributed by atoms with Crippen molar-refractivity contribution in [2.24, 2.45) is 5.73 Å². The molecule has 2 aromatic rings. The van der Waals surface area contributed by atoms with Gasteiger partial charge in [-0.3, -0.25) is 9.59 Å². The lowest BCUT2D eigenvalue weighted by Crippen LogP contribution is -2.42. The van der Waals surface area contributed by atoms with Gasteiger partial charge >= 0.3 is 0 Å². The molecule has 0 aliphatic carbocycles. The molecule has 5 nitrogen and oxygen atoms in total. The van der Waals surface area contributed by atoms with E-state index in [-0.39, 0.29) is 36.7 Å². The van der Waals surface area contributed by atoms with Gasteiger partial charge in [0.2, 0.25) is 11.8 Å². The highest BCUT2D eigenvalue weighted by atomic mass is 35.5. The Bertz CT molecular complexity index is 770. The van der Waals surface area contributed by atoms with Gasteiger partial charge in [0.15, 0.2) is 0 Å². The molecule has 1 aliphatic heterocycles. The number of nitrogens with two attached hydrogens (primary N) is 1. The van der Waals surface area contributed by atoms with Crippen LogP contribution in [0.2, 0.25) is 5.02 Å². The van der Waals surface area contributed by atoms with E-state index in [9.17, 15) is 9.59 Å². The minimum absolute atomic E-state index is 0. The summed E-state index contributed by atoms with van der Waals surface area (Å²) in [6, 6.07) is 15.7. The van der Waals surface area contributed by atoms with E-state index in [2.05, 4.69) is 5.32 Å². The number of anilines is 1. The molecule has 26 heavy (non-hydrogen) atoms. The van der Waals surface area contributed by atoms with Crippen molar-refractivity contribution in [2.45, 2.75) is 24.9 Å². The molecule has 0 radical (unpaired) electrons. The maximum absolute atomic E-state index is 12.5. The maximum atomic E-state index is 12.5. The Labute approximate surface area is 163 Å². The number of nitrogens with one attached hydrogen (secondary N) is 1. The minimum atomic E-state index is -0.519. The minimum Gasteiger partial charge on any atom is -0.344 e. The first kappa shape index (κ1) is 20.2. The van der Waals surface area contributed by atoms with Gasteiger partial charge in [-0.25, -0.2) is 0 Å². The van der Waals surface area contributed by atoms with Gasteiger partial charge in [-0.05, 0) is 30.2 Å². The fourth-order valence-electron chi connectivity index (χ4n) is 2.99. The Kier molecular flexibility index (Phi) is 7.03. The molecule has 138 valence electrons. The van der Waals surface area contributed by atoms with Crippen LogP contribution in [0.1, 0.15) is 24.4 Å². The molecule has 3 N–H and O–H groups in total. The highest BCUT2D eigenvalue weighted by Crippen LogP contribution is 2.24. The van der Waals surface area contributed by atoms with Crippen LogP contribution in [-0.2, 0) is 9.59 Å². The molecule has 1 fully saturated rings. The van der Waals surface area contributed by atoms with Crippen molar-refractivity contribution in [3.63, 3.8) is 0 Å². The van der Waals surface area contributed by atoms with Crippen molar-refractivity contribution < 1.29 is 9.59 Å².